The Hall–Kier alpha value is -3.82. The van der Waals surface area contributed by atoms with E-state index in [9.17, 15) is 42.3 Å². The zero-order valence-corrected chi connectivity index (χ0v) is 24.7. The molecule has 0 radical (unpaired) electrons. The van der Waals surface area contributed by atoms with E-state index < -0.39 is 111 Å². The van der Waals surface area contributed by atoms with Crippen LogP contribution in [0.1, 0.15) is 43.1 Å². The highest BCUT2D eigenvalue weighted by molar-refractivity contribution is 6.58. The zero-order valence-electron chi connectivity index (χ0n) is 23.2. The molecule has 1 aromatic carbocycles. The standard InChI is InChI=1S/C29H21Cl2F5N2O8/c30-28-8-13-11(4-5-12-16(13)25(43)37(24(12)42)7-1-2-15(40)41)17(14-6-3-10(9-39)46-14)29(28,31)27(45)38(26(28)44)23-21(35)19(33)18(32)20(34)22(23)36/h3-4,6,12-13,16-17,39H,1-2,5,7-9H2,(H,40,41). The molecular formula is C29H21Cl2F5N2O8. The van der Waals surface area contributed by atoms with E-state index in [0.717, 1.165) is 4.90 Å². The van der Waals surface area contributed by atoms with Gasteiger partial charge >= 0.3 is 5.97 Å². The third kappa shape index (κ3) is 4.13. The number of aliphatic hydroxyl groups is 1. The van der Waals surface area contributed by atoms with Crippen LogP contribution in [-0.4, -0.2) is 61.0 Å². The molecule has 0 bridgehead atoms. The number of likely N-dealkylation sites (tertiary alicyclic amines) is 1. The Morgan fingerprint density at radius 1 is 0.935 bits per heavy atom. The van der Waals surface area contributed by atoms with Crippen molar-refractivity contribution in [1.82, 2.24) is 4.90 Å². The lowest BCUT2D eigenvalue weighted by Gasteiger charge is -2.49. The summed E-state index contributed by atoms with van der Waals surface area (Å²) in [5, 5.41) is 18.6. The molecule has 244 valence electrons. The highest BCUT2D eigenvalue weighted by Gasteiger charge is 2.77. The minimum absolute atomic E-state index is 0.0445. The summed E-state index contributed by atoms with van der Waals surface area (Å²) in [6.07, 6.45) is 0.337. The fourth-order valence-corrected chi connectivity index (χ4v) is 8.10. The number of carboxylic acid groups (broad SMARTS) is 1. The van der Waals surface area contributed by atoms with Gasteiger partial charge in [-0.3, -0.25) is 28.9 Å². The van der Waals surface area contributed by atoms with Crippen LogP contribution >= 0.6 is 23.2 Å². The van der Waals surface area contributed by atoms with Gasteiger partial charge in [0.25, 0.3) is 11.8 Å². The second kappa shape index (κ2) is 10.9. The monoisotopic (exact) mass is 690 g/mol. The summed E-state index contributed by atoms with van der Waals surface area (Å²) in [6.45, 7) is -0.861. The van der Waals surface area contributed by atoms with Gasteiger partial charge in [0.05, 0.1) is 17.8 Å². The molecule has 2 aliphatic heterocycles. The molecule has 2 N–H and O–H groups in total. The molecular weight excluding hydrogens is 670 g/mol. The zero-order chi connectivity index (χ0) is 33.6. The first-order chi connectivity index (χ1) is 21.6. The first kappa shape index (κ1) is 32.1. The summed E-state index contributed by atoms with van der Waals surface area (Å²) < 4.78 is 78.1. The van der Waals surface area contributed by atoms with E-state index >= 15 is 8.78 Å². The lowest BCUT2D eigenvalue weighted by Crippen LogP contribution is -2.60. The van der Waals surface area contributed by atoms with E-state index in [1.807, 2.05) is 0 Å². The predicted molar refractivity (Wildman–Crippen MR) is 145 cm³/mol. The van der Waals surface area contributed by atoms with Gasteiger partial charge in [0.15, 0.2) is 33.0 Å². The topological polar surface area (TPSA) is 145 Å². The van der Waals surface area contributed by atoms with Gasteiger partial charge < -0.3 is 14.6 Å². The number of carboxylic acids is 1. The molecule has 4 aliphatic rings. The van der Waals surface area contributed by atoms with Crippen LogP contribution in [0.25, 0.3) is 0 Å². The van der Waals surface area contributed by atoms with Crippen LogP contribution in [0, 0.1) is 46.8 Å². The summed E-state index contributed by atoms with van der Waals surface area (Å²) in [6, 6.07) is 2.56. The minimum Gasteiger partial charge on any atom is -0.481 e. The lowest BCUT2D eigenvalue weighted by atomic mass is 9.57. The molecule has 6 unspecified atom stereocenters. The Morgan fingerprint density at radius 2 is 1.57 bits per heavy atom. The SMILES string of the molecule is O=C(O)CCCN1C(=O)C2CC=C3C(CC4(Cl)C(=O)N(c5c(F)c(F)c(F)c(F)c5F)C(=O)C4(Cl)C3c3ccc(CO)o3)C2C1=O. The molecule has 6 rings (SSSR count). The number of alkyl halides is 2. The fraction of sp³-hybridized carbons (Fsp3) is 0.414. The molecule has 2 aliphatic carbocycles. The van der Waals surface area contributed by atoms with Crippen LogP contribution < -0.4 is 4.90 Å². The van der Waals surface area contributed by atoms with E-state index in [1.165, 1.54) is 18.2 Å². The van der Waals surface area contributed by atoms with Crippen molar-refractivity contribution in [2.24, 2.45) is 17.8 Å². The van der Waals surface area contributed by atoms with E-state index in [1.54, 1.807) is 0 Å². The van der Waals surface area contributed by atoms with Gasteiger partial charge in [0.2, 0.25) is 17.6 Å². The maximum atomic E-state index is 15.0. The number of aliphatic carboxylic acids is 1. The maximum Gasteiger partial charge on any atom is 0.303 e. The average Bonchev–Trinajstić information content (AvgIpc) is 3.63. The molecule has 10 nitrogen and oxygen atoms in total. The molecule has 0 spiro atoms. The van der Waals surface area contributed by atoms with Crippen LogP contribution in [0.4, 0.5) is 27.6 Å². The number of halogens is 7. The number of carbonyl (C=O) groups is 5. The third-order valence-corrected chi connectivity index (χ3v) is 10.6. The van der Waals surface area contributed by atoms with Crippen LogP contribution in [0.3, 0.4) is 0 Å². The van der Waals surface area contributed by atoms with Gasteiger partial charge in [-0.15, -0.1) is 23.2 Å². The number of nitrogens with zero attached hydrogens (tertiary/aromatic N) is 2. The number of furan rings is 1. The number of hydrogen-bond acceptors (Lipinski definition) is 7. The number of hydrogen-bond donors (Lipinski definition) is 2. The molecule has 1 aromatic heterocycles. The molecule has 3 heterocycles. The molecule has 46 heavy (non-hydrogen) atoms. The van der Waals surface area contributed by atoms with Gasteiger partial charge in [0.1, 0.15) is 23.8 Å². The number of fused-ring (bicyclic) bond motifs is 4. The Bertz CT molecular complexity index is 1750. The van der Waals surface area contributed by atoms with E-state index in [-0.39, 0.29) is 47.8 Å². The van der Waals surface area contributed by atoms with Crippen molar-refractivity contribution < 1.29 is 60.6 Å². The largest absolute Gasteiger partial charge is 0.481 e. The Labute approximate surface area is 265 Å². The predicted octanol–water partition coefficient (Wildman–Crippen LogP) is 3.90. The van der Waals surface area contributed by atoms with Gasteiger partial charge in [-0.1, -0.05) is 11.6 Å². The van der Waals surface area contributed by atoms with Crippen LogP contribution in [-0.2, 0) is 30.6 Å². The number of carbonyl (C=O) groups excluding carboxylic acids is 4. The first-order valence-corrected chi connectivity index (χ1v) is 14.6. The van der Waals surface area contributed by atoms with Gasteiger partial charge in [-0.2, -0.15) is 0 Å². The molecule has 2 aromatic rings. The second-order valence-electron chi connectivity index (χ2n) is 11.5. The summed E-state index contributed by atoms with van der Waals surface area (Å²) in [4.78, 5) is 61.3. The number of allylic oxidation sites excluding steroid dienone is 2. The number of rotatable bonds is 7. The van der Waals surface area contributed by atoms with Crippen molar-refractivity contribution in [3.8, 4) is 0 Å². The van der Waals surface area contributed by atoms with Gasteiger partial charge in [-0.25, -0.2) is 26.9 Å². The normalized spacial score (nSPS) is 30.5. The van der Waals surface area contributed by atoms with E-state index in [0.29, 0.717) is 0 Å². The molecule has 2 saturated heterocycles. The smallest absolute Gasteiger partial charge is 0.303 e. The first-order valence-electron chi connectivity index (χ1n) is 13.9. The Balaban J connectivity index is 1.51. The lowest BCUT2D eigenvalue weighted by molar-refractivity contribution is -0.142. The van der Waals surface area contributed by atoms with Crippen LogP contribution in [0.5, 0.6) is 0 Å². The third-order valence-electron chi connectivity index (χ3n) is 9.21. The van der Waals surface area contributed by atoms with Crippen molar-refractivity contribution in [1.29, 1.82) is 0 Å². The van der Waals surface area contributed by atoms with Crippen molar-refractivity contribution in [2.45, 2.75) is 48.0 Å². The van der Waals surface area contributed by atoms with Crippen molar-refractivity contribution in [3.63, 3.8) is 0 Å². The van der Waals surface area contributed by atoms with Crippen molar-refractivity contribution in [2.75, 3.05) is 11.4 Å². The van der Waals surface area contributed by atoms with Crippen molar-refractivity contribution >= 4 is 58.5 Å². The molecule has 4 amide bonds. The van der Waals surface area contributed by atoms with E-state index in [2.05, 4.69) is 0 Å². The van der Waals surface area contributed by atoms with Crippen LogP contribution in [0.2, 0.25) is 0 Å². The number of anilines is 1. The number of aliphatic hydroxyl groups excluding tert-OH is 1. The van der Waals surface area contributed by atoms with Crippen molar-refractivity contribution in [3.05, 3.63) is 64.4 Å². The van der Waals surface area contributed by atoms with E-state index in [4.69, 9.17) is 32.7 Å². The number of imide groups is 2. The molecule has 6 atom stereocenters. The summed E-state index contributed by atoms with van der Waals surface area (Å²) in [7, 11) is 0. The molecule has 17 heteroatoms. The van der Waals surface area contributed by atoms with Gasteiger partial charge in [0, 0.05) is 13.0 Å². The maximum absolute atomic E-state index is 15.0. The Morgan fingerprint density at radius 3 is 2.15 bits per heavy atom. The highest BCUT2D eigenvalue weighted by Crippen LogP contribution is 2.66. The summed E-state index contributed by atoms with van der Waals surface area (Å²) in [5.41, 5.74) is -1.72. The number of benzene rings is 1. The number of amides is 4. The Kier molecular flexibility index (Phi) is 7.60. The minimum atomic E-state index is -2.74. The highest BCUT2D eigenvalue weighted by atomic mass is 35.5. The summed E-state index contributed by atoms with van der Waals surface area (Å²) in [5.74, 6) is -23.4. The van der Waals surface area contributed by atoms with Crippen LogP contribution in [0.15, 0.2) is 28.2 Å². The average molecular weight is 691 g/mol. The second-order valence-corrected chi connectivity index (χ2v) is 12.7. The molecule has 3 fully saturated rings. The fourth-order valence-electron chi connectivity index (χ4n) is 7.19. The molecule has 1 saturated carbocycles. The quantitative estimate of drug-likeness (QED) is 0.111. The van der Waals surface area contributed by atoms with Gasteiger partial charge in [-0.05, 0) is 37.3 Å². The summed E-state index contributed by atoms with van der Waals surface area (Å²) >= 11 is 13.9.